The van der Waals surface area contributed by atoms with Crippen molar-refractivity contribution in [3.8, 4) is 0 Å². The van der Waals surface area contributed by atoms with Crippen LogP contribution in [0.4, 0.5) is 0 Å². The lowest BCUT2D eigenvalue weighted by molar-refractivity contribution is 0.170. The second kappa shape index (κ2) is 4.06. The number of aliphatic hydroxyl groups excluding tert-OH is 1. The third-order valence-electron chi connectivity index (χ3n) is 2.20. The Balaban J connectivity index is 2.74. The maximum atomic E-state index is 9.36. The second-order valence-electron chi connectivity index (χ2n) is 3.19. The second-order valence-corrected chi connectivity index (χ2v) is 4.39. The number of thiophene rings is 1. The molecule has 1 nitrogen and oxygen atoms in total. The Labute approximate surface area is 78.1 Å². The molecule has 1 aromatic rings. The van der Waals surface area contributed by atoms with Crippen molar-refractivity contribution in [2.75, 3.05) is 0 Å². The van der Waals surface area contributed by atoms with Gasteiger partial charge in [-0.1, -0.05) is 13.8 Å². The van der Waals surface area contributed by atoms with Crippen LogP contribution in [0.25, 0.3) is 0 Å². The molecule has 1 heterocycles. The topological polar surface area (TPSA) is 20.2 Å². The molecule has 0 aromatic carbocycles. The van der Waals surface area contributed by atoms with Crippen molar-refractivity contribution in [2.24, 2.45) is 0 Å². The van der Waals surface area contributed by atoms with Crippen molar-refractivity contribution in [2.45, 2.75) is 39.2 Å². The van der Waals surface area contributed by atoms with Crippen LogP contribution in [-0.4, -0.2) is 11.2 Å². The molecule has 2 atom stereocenters. The summed E-state index contributed by atoms with van der Waals surface area (Å²) in [6.45, 7) is 6.06. The SMILES string of the molecule is CCc1ccc(C(C)C(C)O)s1. The van der Waals surface area contributed by atoms with E-state index in [-0.39, 0.29) is 12.0 Å². The van der Waals surface area contributed by atoms with Gasteiger partial charge >= 0.3 is 0 Å². The summed E-state index contributed by atoms with van der Waals surface area (Å²) in [6.07, 6.45) is 0.852. The van der Waals surface area contributed by atoms with Crippen LogP contribution in [0.3, 0.4) is 0 Å². The zero-order valence-corrected chi connectivity index (χ0v) is 8.69. The predicted molar refractivity (Wildman–Crippen MR) is 53.8 cm³/mol. The summed E-state index contributed by atoms with van der Waals surface area (Å²) in [5.74, 6) is 0.273. The van der Waals surface area contributed by atoms with Crippen molar-refractivity contribution < 1.29 is 5.11 Å². The average Bonchev–Trinajstić information content (AvgIpc) is 2.50. The predicted octanol–water partition coefficient (Wildman–Crippen LogP) is 2.79. The molecule has 0 amide bonds. The Morgan fingerprint density at radius 3 is 2.50 bits per heavy atom. The lowest BCUT2D eigenvalue weighted by Crippen LogP contribution is -2.09. The largest absolute Gasteiger partial charge is 0.393 e. The highest BCUT2D eigenvalue weighted by molar-refractivity contribution is 7.12. The number of rotatable bonds is 3. The van der Waals surface area contributed by atoms with Gasteiger partial charge in [0.2, 0.25) is 0 Å². The molecule has 0 saturated heterocycles. The van der Waals surface area contributed by atoms with Gasteiger partial charge in [0, 0.05) is 15.7 Å². The van der Waals surface area contributed by atoms with E-state index in [0.29, 0.717) is 0 Å². The van der Waals surface area contributed by atoms with Gasteiger partial charge in [0.05, 0.1) is 6.10 Å². The molecule has 0 bridgehead atoms. The Morgan fingerprint density at radius 2 is 2.08 bits per heavy atom. The fraction of sp³-hybridized carbons (Fsp3) is 0.600. The highest BCUT2D eigenvalue weighted by atomic mass is 32.1. The Bertz CT molecular complexity index is 240. The van der Waals surface area contributed by atoms with Gasteiger partial charge in [-0.3, -0.25) is 0 Å². The molecule has 2 heteroatoms. The quantitative estimate of drug-likeness (QED) is 0.766. The Kier molecular flexibility index (Phi) is 3.29. The van der Waals surface area contributed by atoms with Gasteiger partial charge < -0.3 is 5.11 Å². The summed E-state index contributed by atoms with van der Waals surface area (Å²) in [4.78, 5) is 2.69. The Hall–Kier alpha value is -0.340. The molecule has 0 aliphatic rings. The van der Waals surface area contributed by atoms with Crippen LogP contribution in [0.5, 0.6) is 0 Å². The van der Waals surface area contributed by atoms with Gasteiger partial charge in [-0.25, -0.2) is 0 Å². The zero-order valence-electron chi connectivity index (χ0n) is 7.87. The summed E-state index contributed by atoms with van der Waals surface area (Å²) < 4.78 is 0. The molecule has 68 valence electrons. The molecule has 12 heavy (non-hydrogen) atoms. The summed E-state index contributed by atoms with van der Waals surface area (Å²) in [7, 11) is 0. The molecule has 0 saturated carbocycles. The third-order valence-corrected chi connectivity index (χ3v) is 3.63. The normalized spacial score (nSPS) is 16.0. The monoisotopic (exact) mass is 184 g/mol. The van der Waals surface area contributed by atoms with Crippen LogP contribution in [0, 0.1) is 0 Å². The van der Waals surface area contributed by atoms with Crippen LogP contribution < -0.4 is 0 Å². The summed E-state index contributed by atoms with van der Waals surface area (Å²) in [5.41, 5.74) is 0. The smallest absolute Gasteiger partial charge is 0.0585 e. The van der Waals surface area contributed by atoms with Crippen molar-refractivity contribution in [1.29, 1.82) is 0 Å². The molecule has 1 aromatic heterocycles. The fourth-order valence-corrected chi connectivity index (χ4v) is 2.17. The zero-order chi connectivity index (χ0) is 9.14. The van der Waals surface area contributed by atoms with Gasteiger partial charge in [-0.2, -0.15) is 0 Å². The molecule has 0 radical (unpaired) electrons. The lowest BCUT2D eigenvalue weighted by Gasteiger charge is -2.11. The van der Waals surface area contributed by atoms with E-state index in [2.05, 4.69) is 26.0 Å². The summed E-state index contributed by atoms with van der Waals surface area (Å²) in [5, 5.41) is 9.36. The fourth-order valence-electron chi connectivity index (χ4n) is 1.07. The first-order valence-electron chi connectivity index (χ1n) is 4.41. The van der Waals surface area contributed by atoms with E-state index in [0.717, 1.165) is 6.42 Å². The highest BCUT2D eigenvalue weighted by Crippen LogP contribution is 2.27. The molecule has 0 fully saturated rings. The van der Waals surface area contributed by atoms with E-state index < -0.39 is 0 Å². The van der Waals surface area contributed by atoms with Crippen molar-refractivity contribution in [1.82, 2.24) is 0 Å². The van der Waals surface area contributed by atoms with Crippen LogP contribution >= 0.6 is 11.3 Å². The minimum absolute atomic E-state index is 0.242. The van der Waals surface area contributed by atoms with E-state index in [9.17, 15) is 5.11 Å². The molecule has 0 aliphatic carbocycles. The molecule has 2 unspecified atom stereocenters. The number of hydrogen-bond donors (Lipinski definition) is 1. The van der Waals surface area contributed by atoms with Crippen LogP contribution in [-0.2, 0) is 6.42 Å². The van der Waals surface area contributed by atoms with E-state index in [1.807, 2.05) is 18.3 Å². The van der Waals surface area contributed by atoms with E-state index in [4.69, 9.17) is 0 Å². The van der Waals surface area contributed by atoms with Gasteiger partial charge in [0.25, 0.3) is 0 Å². The first-order valence-corrected chi connectivity index (χ1v) is 5.23. The standard InChI is InChI=1S/C10H16OS/c1-4-9-5-6-10(12-9)7(2)8(3)11/h5-8,11H,4H2,1-3H3. The number of aryl methyl sites for hydroxylation is 1. The van der Waals surface area contributed by atoms with Crippen molar-refractivity contribution >= 4 is 11.3 Å². The molecular weight excluding hydrogens is 168 g/mol. The van der Waals surface area contributed by atoms with E-state index in [1.54, 1.807) is 0 Å². The molecule has 1 N–H and O–H groups in total. The van der Waals surface area contributed by atoms with Crippen molar-refractivity contribution in [3.05, 3.63) is 21.9 Å². The molecular formula is C10H16OS. The number of aliphatic hydroxyl groups is 1. The van der Waals surface area contributed by atoms with E-state index in [1.165, 1.54) is 9.75 Å². The summed E-state index contributed by atoms with van der Waals surface area (Å²) >= 11 is 1.81. The average molecular weight is 184 g/mol. The van der Waals surface area contributed by atoms with Crippen LogP contribution in [0.15, 0.2) is 12.1 Å². The summed E-state index contributed by atoms with van der Waals surface area (Å²) in [6, 6.07) is 4.28. The minimum atomic E-state index is -0.242. The maximum Gasteiger partial charge on any atom is 0.0585 e. The first kappa shape index (κ1) is 9.75. The number of hydrogen-bond acceptors (Lipinski definition) is 2. The lowest BCUT2D eigenvalue weighted by atomic mass is 10.1. The van der Waals surface area contributed by atoms with Gasteiger partial charge in [0.1, 0.15) is 0 Å². The van der Waals surface area contributed by atoms with Crippen molar-refractivity contribution in [3.63, 3.8) is 0 Å². The highest BCUT2D eigenvalue weighted by Gasteiger charge is 2.12. The maximum absolute atomic E-state index is 9.36. The van der Waals surface area contributed by atoms with Gasteiger partial charge in [-0.05, 0) is 25.5 Å². The molecule has 0 aliphatic heterocycles. The van der Waals surface area contributed by atoms with Gasteiger partial charge in [-0.15, -0.1) is 11.3 Å². The molecule has 0 spiro atoms. The van der Waals surface area contributed by atoms with E-state index >= 15 is 0 Å². The molecule has 1 rings (SSSR count). The minimum Gasteiger partial charge on any atom is -0.393 e. The van der Waals surface area contributed by atoms with Gasteiger partial charge in [0.15, 0.2) is 0 Å². The van der Waals surface area contributed by atoms with Crippen LogP contribution in [0.1, 0.15) is 36.4 Å². The van der Waals surface area contributed by atoms with Crippen LogP contribution in [0.2, 0.25) is 0 Å². The third kappa shape index (κ3) is 2.08. The Morgan fingerprint density at radius 1 is 1.42 bits per heavy atom. The first-order chi connectivity index (χ1) is 5.65.